The van der Waals surface area contributed by atoms with Crippen molar-refractivity contribution in [2.75, 3.05) is 13.2 Å². The van der Waals surface area contributed by atoms with Crippen molar-refractivity contribution in [3.8, 4) is 0 Å². The van der Waals surface area contributed by atoms with Gasteiger partial charge in [-0.3, -0.25) is 4.68 Å². The Hall–Kier alpha value is -0.940. The van der Waals surface area contributed by atoms with Gasteiger partial charge in [-0.2, -0.15) is 5.10 Å². The molecule has 0 spiro atoms. The molecule has 14 heavy (non-hydrogen) atoms. The summed E-state index contributed by atoms with van der Waals surface area (Å²) in [6, 6.07) is 0. The summed E-state index contributed by atoms with van der Waals surface area (Å²) in [6.45, 7) is 5.26. The molecule has 5 nitrogen and oxygen atoms in total. The molecule has 3 N–H and O–H groups in total. The van der Waals surface area contributed by atoms with Crippen molar-refractivity contribution in [3.05, 3.63) is 12.2 Å². The fourth-order valence-corrected chi connectivity index (χ4v) is 1.26. The number of aryl methyl sites for hydroxylation is 1. The van der Waals surface area contributed by atoms with Crippen LogP contribution in [-0.4, -0.2) is 33.0 Å². The zero-order valence-corrected chi connectivity index (χ0v) is 8.77. The first-order valence-electron chi connectivity index (χ1n) is 4.83. The highest BCUT2D eigenvalue weighted by atomic mass is 16.3. The average molecular weight is 198 g/mol. The molecule has 5 heteroatoms. The number of hydrogen-bond acceptors (Lipinski definition) is 4. The van der Waals surface area contributed by atoms with E-state index in [1.165, 1.54) is 6.33 Å². The molecule has 0 saturated heterocycles. The average Bonchev–Trinajstić information content (AvgIpc) is 2.65. The van der Waals surface area contributed by atoms with Gasteiger partial charge in [0, 0.05) is 24.9 Å². The van der Waals surface area contributed by atoms with Gasteiger partial charge in [0.2, 0.25) is 0 Å². The standard InChI is InChI=1S/C9H18N4O/c1-3-13-8(11-7-12-13)4-9(2,5-10)6-14/h7,14H,3-6,10H2,1-2H3. The van der Waals surface area contributed by atoms with E-state index in [2.05, 4.69) is 10.1 Å². The molecule has 0 saturated carbocycles. The van der Waals surface area contributed by atoms with Crippen LogP contribution in [0.25, 0.3) is 0 Å². The van der Waals surface area contributed by atoms with Crippen molar-refractivity contribution in [3.63, 3.8) is 0 Å². The number of aliphatic hydroxyl groups is 1. The highest BCUT2D eigenvalue weighted by molar-refractivity contribution is 4.92. The highest BCUT2D eigenvalue weighted by Crippen LogP contribution is 2.18. The number of aromatic nitrogens is 3. The van der Waals surface area contributed by atoms with Gasteiger partial charge in [0.05, 0.1) is 6.61 Å². The highest BCUT2D eigenvalue weighted by Gasteiger charge is 2.24. The molecule has 1 unspecified atom stereocenters. The van der Waals surface area contributed by atoms with E-state index in [0.29, 0.717) is 13.0 Å². The number of hydrogen-bond donors (Lipinski definition) is 2. The van der Waals surface area contributed by atoms with E-state index in [9.17, 15) is 5.11 Å². The van der Waals surface area contributed by atoms with Crippen LogP contribution in [0.1, 0.15) is 19.7 Å². The lowest BCUT2D eigenvalue weighted by Crippen LogP contribution is -2.34. The number of nitrogens with zero attached hydrogens (tertiary/aromatic N) is 3. The van der Waals surface area contributed by atoms with Crippen LogP contribution in [0.15, 0.2) is 6.33 Å². The maximum Gasteiger partial charge on any atom is 0.138 e. The maximum atomic E-state index is 9.21. The Morgan fingerprint density at radius 3 is 2.86 bits per heavy atom. The van der Waals surface area contributed by atoms with Crippen LogP contribution in [0.2, 0.25) is 0 Å². The summed E-state index contributed by atoms with van der Waals surface area (Å²) in [6.07, 6.45) is 2.20. The second-order valence-corrected chi connectivity index (χ2v) is 3.84. The topological polar surface area (TPSA) is 77.0 Å². The molecule has 0 bridgehead atoms. The Labute approximate surface area is 83.9 Å². The van der Waals surface area contributed by atoms with E-state index in [4.69, 9.17) is 5.73 Å². The van der Waals surface area contributed by atoms with Crippen molar-refractivity contribution in [2.24, 2.45) is 11.1 Å². The molecule has 0 aliphatic rings. The molecule has 1 rings (SSSR count). The summed E-state index contributed by atoms with van der Waals surface area (Å²) in [5.41, 5.74) is 5.32. The summed E-state index contributed by atoms with van der Waals surface area (Å²) >= 11 is 0. The van der Waals surface area contributed by atoms with Crippen LogP contribution in [0.5, 0.6) is 0 Å². The predicted octanol–water partition coefficient (Wildman–Crippen LogP) is -0.202. The molecule has 1 aromatic heterocycles. The molecule has 0 radical (unpaired) electrons. The van der Waals surface area contributed by atoms with Gasteiger partial charge < -0.3 is 10.8 Å². The second kappa shape index (κ2) is 4.52. The lowest BCUT2D eigenvalue weighted by atomic mass is 9.87. The normalized spacial score (nSPS) is 15.4. The first-order chi connectivity index (χ1) is 6.65. The minimum Gasteiger partial charge on any atom is -0.396 e. The molecule has 0 amide bonds. The predicted molar refractivity (Wildman–Crippen MR) is 53.6 cm³/mol. The number of rotatable bonds is 5. The first-order valence-corrected chi connectivity index (χ1v) is 4.83. The van der Waals surface area contributed by atoms with E-state index < -0.39 is 0 Å². The Balaban J connectivity index is 2.76. The lowest BCUT2D eigenvalue weighted by Gasteiger charge is -2.24. The zero-order chi connectivity index (χ0) is 10.6. The van der Waals surface area contributed by atoms with Crippen molar-refractivity contribution in [1.82, 2.24) is 14.8 Å². The molecule has 1 atom stereocenters. The SMILES string of the molecule is CCn1ncnc1CC(C)(CN)CO. The van der Waals surface area contributed by atoms with E-state index in [-0.39, 0.29) is 12.0 Å². The fraction of sp³-hybridized carbons (Fsp3) is 0.778. The van der Waals surface area contributed by atoms with Crippen molar-refractivity contribution in [1.29, 1.82) is 0 Å². The van der Waals surface area contributed by atoms with Gasteiger partial charge in [-0.1, -0.05) is 6.92 Å². The Kier molecular flexibility index (Phi) is 3.60. The summed E-state index contributed by atoms with van der Waals surface area (Å²) in [7, 11) is 0. The van der Waals surface area contributed by atoms with Crippen LogP contribution < -0.4 is 5.73 Å². The smallest absolute Gasteiger partial charge is 0.138 e. The quantitative estimate of drug-likeness (QED) is 0.686. The van der Waals surface area contributed by atoms with Gasteiger partial charge in [-0.15, -0.1) is 0 Å². The minimum absolute atomic E-state index is 0.0695. The van der Waals surface area contributed by atoms with Crippen molar-refractivity contribution < 1.29 is 5.11 Å². The Morgan fingerprint density at radius 2 is 2.36 bits per heavy atom. The molecule has 0 aromatic carbocycles. The van der Waals surface area contributed by atoms with E-state index in [1.807, 2.05) is 18.5 Å². The zero-order valence-electron chi connectivity index (χ0n) is 8.77. The van der Waals surface area contributed by atoms with E-state index >= 15 is 0 Å². The van der Waals surface area contributed by atoms with Gasteiger partial charge in [-0.05, 0) is 6.92 Å². The maximum absolute atomic E-state index is 9.21. The van der Waals surface area contributed by atoms with E-state index in [0.717, 1.165) is 12.4 Å². The van der Waals surface area contributed by atoms with Gasteiger partial charge in [0.25, 0.3) is 0 Å². The van der Waals surface area contributed by atoms with E-state index in [1.54, 1.807) is 0 Å². The van der Waals surface area contributed by atoms with Crippen LogP contribution >= 0.6 is 0 Å². The Bertz CT molecular complexity index is 280. The third-order valence-electron chi connectivity index (χ3n) is 2.45. The second-order valence-electron chi connectivity index (χ2n) is 3.84. The van der Waals surface area contributed by atoms with Crippen LogP contribution in [0.4, 0.5) is 0 Å². The number of aliphatic hydroxyl groups excluding tert-OH is 1. The lowest BCUT2D eigenvalue weighted by molar-refractivity contribution is 0.146. The third-order valence-corrected chi connectivity index (χ3v) is 2.45. The monoisotopic (exact) mass is 198 g/mol. The molecule has 80 valence electrons. The van der Waals surface area contributed by atoms with Crippen LogP contribution in [-0.2, 0) is 13.0 Å². The Morgan fingerprint density at radius 1 is 1.64 bits per heavy atom. The van der Waals surface area contributed by atoms with Gasteiger partial charge in [0.15, 0.2) is 0 Å². The van der Waals surface area contributed by atoms with Crippen molar-refractivity contribution in [2.45, 2.75) is 26.8 Å². The summed E-state index contributed by atoms with van der Waals surface area (Å²) in [4.78, 5) is 4.15. The molecule has 1 aromatic rings. The fourth-order valence-electron chi connectivity index (χ4n) is 1.26. The third kappa shape index (κ3) is 2.30. The summed E-state index contributed by atoms with van der Waals surface area (Å²) in [5.74, 6) is 0.884. The molecule has 0 aliphatic carbocycles. The van der Waals surface area contributed by atoms with Crippen molar-refractivity contribution >= 4 is 0 Å². The molecule has 0 aliphatic heterocycles. The first kappa shape index (κ1) is 11.1. The summed E-state index contributed by atoms with van der Waals surface area (Å²) in [5, 5.41) is 13.3. The number of nitrogens with two attached hydrogens (primary N) is 1. The molecule has 1 heterocycles. The van der Waals surface area contributed by atoms with Crippen LogP contribution in [0.3, 0.4) is 0 Å². The van der Waals surface area contributed by atoms with Crippen LogP contribution in [0, 0.1) is 5.41 Å². The molecular weight excluding hydrogens is 180 g/mol. The van der Waals surface area contributed by atoms with Gasteiger partial charge >= 0.3 is 0 Å². The van der Waals surface area contributed by atoms with Gasteiger partial charge in [0.1, 0.15) is 12.2 Å². The minimum atomic E-state index is -0.292. The van der Waals surface area contributed by atoms with Gasteiger partial charge in [-0.25, -0.2) is 4.98 Å². The molecular formula is C9H18N4O. The largest absolute Gasteiger partial charge is 0.396 e. The summed E-state index contributed by atoms with van der Waals surface area (Å²) < 4.78 is 1.82. The molecule has 0 fully saturated rings.